The molecule has 10 N–H and O–H groups in total. The van der Waals surface area contributed by atoms with Gasteiger partial charge in [0.15, 0.2) is 23.5 Å². The molecule has 0 amide bonds. The monoisotopic (exact) mass is 958 g/mol. The number of aliphatic hydroxyl groups excluding tert-OH is 6. The molecule has 3 saturated carbocycles. The van der Waals surface area contributed by atoms with Crippen LogP contribution in [-0.2, 0) is 32.3 Å². The van der Waals surface area contributed by atoms with Crippen LogP contribution in [0.15, 0.2) is 54.1 Å². The fourth-order valence-electron chi connectivity index (χ4n) is 10.9. The van der Waals surface area contributed by atoms with Crippen molar-refractivity contribution in [1.82, 2.24) is 15.6 Å². The van der Waals surface area contributed by atoms with Gasteiger partial charge in [0.2, 0.25) is 0 Å². The van der Waals surface area contributed by atoms with Crippen molar-refractivity contribution in [3.63, 3.8) is 0 Å². The molecule has 0 bridgehead atoms. The molecule has 15 nitrogen and oxygen atoms in total. The number of ketones is 2. The van der Waals surface area contributed by atoms with Crippen molar-refractivity contribution in [3.05, 3.63) is 76.6 Å². The van der Waals surface area contributed by atoms with Gasteiger partial charge >= 0.3 is 59.1 Å². The van der Waals surface area contributed by atoms with Gasteiger partial charge in [-0.15, -0.1) is 0 Å². The van der Waals surface area contributed by atoms with Gasteiger partial charge in [-0.1, -0.05) is 44.9 Å². The summed E-state index contributed by atoms with van der Waals surface area (Å²) >= 11 is 0. The van der Waals surface area contributed by atoms with Gasteiger partial charge in [0, 0.05) is 46.5 Å². The Morgan fingerprint density at radius 2 is 1.57 bits per heavy atom. The first-order valence-electron chi connectivity index (χ1n) is 23.1. The Bertz CT molecular complexity index is 2000. The number of rotatable bonds is 12. The van der Waals surface area contributed by atoms with Gasteiger partial charge in [0.25, 0.3) is 0 Å². The number of benzene rings is 1. The number of fused-ring (bicyclic) bond motifs is 7. The van der Waals surface area contributed by atoms with E-state index in [0.717, 1.165) is 24.8 Å². The number of Topliss-reactive ketones (excluding diaryl/α,β-unsaturated/α-hetero) is 1. The molecule has 4 fully saturated rings. The van der Waals surface area contributed by atoms with Crippen molar-refractivity contribution in [2.24, 2.45) is 28.6 Å². The molecular weight excluding hydrogens is 881 g/mol. The van der Waals surface area contributed by atoms with Gasteiger partial charge in [0.1, 0.15) is 29.9 Å². The van der Waals surface area contributed by atoms with E-state index in [2.05, 4.69) is 36.4 Å². The average Bonchev–Trinajstić information content (AvgIpc) is 3.73. The van der Waals surface area contributed by atoms with Crippen molar-refractivity contribution < 1.29 is 122 Å². The van der Waals surface area contributed by atoms with Crippen molar-refractivity contribution >= 4 is 11.6 Å². The Morgan fingerprint density at radius 1 is 0.940 bits per heavy atom. The zero-order valence-electron chi connectivity index (χ0n) is 43.7. The zero-order valence-corrected chi connectivity index (χ0v) is 45.7. The van der Waals surface area contributed by atoms with Crippen LogP contribution in [0.5, 0.6) is 11.5 Å². The third-order valence-corrected chi connectivity index (χ3v) is 14.1. The van der Waals surface area contributed by atoms with Gasteiger partial charge in [-0.2, -0.15) is 0 Å². The number of carbonyl (C=O) groups excluding carboxylic acids is 2. The maximum absolute atomic E-state index is 13.2. The predicted molar refractivity (Wildman–Crippen MR) is 246 cm³/mol. The van der Waals surface area contributed by atoms with E-state index in [1.165, 1.54) is 12.1 Å². The molecule has 366 valence electrons. The summed E-state index contributed by atoms with van der Waals surface area (Å²) in [6.07, 6.45) is 6.90. The number of pyridine rings is 1. The van der Waals surface area contributed by atoms with Crippen LogP contribution in [0, 0.1) is 28.6 Å². The zero-order chi connectivity index (χ0) is 48.3. The van der Waals surface area contributed by atoms with Gasteiger partial charge in [-0.3, -0.25) is 9.59 Å². The minimum Gasteiger partial charge on any atom is -1.00 e. The summed E-state index contributed by atoms with van der Waals surface area (Å²) in [7, 11) is 0. The number of hydrogen-bond acceptors (Lipinski definition) is 15. The minimum absolute atomic E-state index is 0. The number of aromatic nitrogens is 1. The van der Waals surface area contributed by atoms with E-state index in [9.17, 15) is 40.2 Å². The molecule has 17 heteroatoms. The molecule has 0 spiro atoms. The molecule has 5 aliphatic rings. The molecule has 7 rings (SSSR count). The SMILES string of the molecule is CC(C)(C)NCC(O)c1ccc(O)c(CO)c1.CC(C)(C)NCC(O)c1ccc(O)c(CO)n1.CCC[C@@H]1O[C@@H]2C[C@H]3[C@@H]4CCC5=CC(=O)C=C[C@]5(C)[C@H]4[C@@H](O)C[C@]3(C)[C@]2(C(=O)CO)O1.[H-].[H-].[Na+].[Na+]. The van der Waals surface area contributed by atoms with E-state index in [4.69, 9.17) is 19.7 Å². The quantitative estimate of drug-likeness (QED) is 0.114. The van der Waals surface area contributed by atoms with Crippen LogP contribution in [0.25, 0.3) is 0 Å². The summed E-state index contributed by atoms with van der Waals surface area (Å²) in [6, 6.07) is 7.73. The largest absolute Gasteiger partial charge is 1.00 e. The number of aromatic hydroxyl groups is 2. The van der Waals surface area contributed by atoms with Crippen LogP contribution in [0.2, 0.25) is 0 Å². The smallest absolute Gasteiger partial charge is 1.00 e. The Hall–Kier alpha value is -1.61. The van der Waals surface area contributed by atoms with E-state index in [1.807, 2.05) is 47.6 Å². The molecule has 1 aliphatic heterocycles. The van der Waals surface area contributed by atoms with Crippen LogP contribution >= 0.6 is 0 Å². The first-order chi connectivity index (χ1) is 30.4. The Labute approximate surface area is 443 Å². The van der Waals surface area contributed by atoms with Gasteiger partial charge in [-0.05, 0) is 127 Å². The van der Waals surface area contributed by atoms with E-state index >= 15 is 0 Å². The van der Waals surface area contributed by atoms with Crippen molar-refractivity contribution in [3.8, 4) is 11.5 Å². The number of ether oxygens (including phenoxy) is 2. The number of aliphatic hydroxyl groups is 6. The minimum atomic E-state index is -1.20. The second kappa shape index (κ2) is 24.2. The molecule has 11 atom stereocenters. The van der Waals surface area contributed by atoms with Crippen LogP contribution in [0.4, 0.5) is 0 Å². The molecule has 1 aromatic carbocycles. The summed E-state index contributed by atoms with van der Waals surface area (Å²) in [5.74, 6) is 0.0131. The summed E-state index contributed by atoms with van der Waals surface area (Å²) in [6.45, 7) is 18.0. The molecular formula is C50H77N3Na2O12. The number of phenols is 1. The maximum Gasteiger partial charge on any atom is 1.00 e. The Kier molecular flexibility index (Phi) is 21.6. The number of nitrogens with zero attached hydrogens (tertiary/aromatic N) is 1. The van der Waals surface area contributed by atoms with E-state index in [-0.39, 0.29) is 138 Å². The number of nitrogens with one attached hydrogen (secondary N) is 2. The summed E-state index contributed by atoms with van der Waals surface area (Å²) in [5.41, 5.74) is 0.533. The molecule has 0 radical (unpaired) electrons. The number of hydrogen-bond donors (Lipinski definition) is 10. The van der Waals surface area contributed by atoms with Gasteiger partial charge in [-0.25, -0.2) is 4.98 Å². The maximum atomic E-state index is 13.2. The molecule has 67 heavy (non-hydrogen) atoms. The van der Waals surface area contributed by atoms with Crippen LogP contribution in [0.3, 0.4) is 0 Å². The molecule has 1 saturated heterocycles. The number of β-amino-alcohol motifs (C(OH)–C–C–N with tert-alkyl or cyclic N) is 2. The van der Waals surface area contributed by atoms with E-state index in [0.29, 0.717) is 49.2 Å². The summed E-state index contributed by atoms with van der Waals surface area (Å²) in [4.78, 5) is 29.2. The molecule has 2 unspecified atom stereocenters. The van der Waals surface area contributed by atoms with Gasteiger partial charge < -0.3 is 63.8 Å². The van der Waals surface area contributed by atoms with Gasteiger partial charge in [0.05, 0.1) is 37.2 Å². The van der Waals surface area contributed by atoms with Crippen LogP contribution in [-0.4, -0.2) is 112 Å². The second-order valence-corrected chi connectivity index (χ2v) is 20.9. The number of carbonyl (C=O) groups is 2. The Balaban J connectivity index is 0.000000543. The molecule has 2 heterocycles. The Morgan fingerprint density at radius 3 is 2.15 bits per heavy atom. The van der Waals surface area contributed by atoms with Crippen molar-refractivity contribution in [1.29, 1.82) is 0 Å². The van der Waals surface area contributed by atoms with E-state index < -0.39 is 48.3 Å². The van der Waals surface area contributed by atoms with Crippen molar-refractivity contribution in [2.75, 3.05) is 19.7 Å². The third-order valence-electron chi connectivity index (χ3n) is 14.1. The normalized spacial score (nSPS) is 30.3. The number of allylic oxidation sites excluding steroid dienone is 4. The molecule has 4 aliphatic carbocycles. The fourth-order valence-corrected chi connectivity index (χ4v) is 10.9. The molecule has 1 aromatic heterocycles. The second-order valence-electron chi connectivity index (χ2n) is 20.9. The summed E-state index contributed by atoms with van der Waals surface area (Å²) in [5, 5.41) is 84.4. The first kappa shape index (κ1) is 59.7. The molecule has 2 aromatic rings. The topological polar surface area (TPSA) is 251 Å². The van der Waals surface area contributed by atoms with Crippen molar-refractivity contribution in [2.45, 2.75) is 161 Å². The van der Waals surface area contributed by atoms with E-state index in [1.54, 1.807) is 30.4 Å². The third kappa shape index (κ3) is 13.3. The standard InChI is InChI=1S/C25H34O6.C13H21NO3.C12H20N2O3.2Na.2H/c1-4-5-21-30-20-11-17-16-7-6-14-10-15(27)8-9-23(14,2)22(16)18(28)12-24(17,3)25(20,31-21)19(29)13-26;1-13(2,3)14-7-12(17)9-4-5-11(16)10(6-9)8-15;1-12(2,3)13-6-11(17)8-4-5-10(16)9(7-15)14-8;;;;/h8-10,16-18,20-22,26,28H,4-7,11-13H2,1-3H3;4-6,12,14-17H,7-8H2,1-3H3;4-5,11,13,15-17H,6-7H2,1-3H3;;;;/q;;;2*+1;2*-1/t16-,17-,18-,20+,21+,22+,23-,24-,25+;;;;;;/m0....../s1. The first-order valence-corrected chi connectivity index (χ1v) is 23.1. The fraction of sp³-hybridized carbons (Fsp3) is 0.660. The van der Waals surface area contributed by atoms with Crippen LogP contribution in [0.1, 0.15) is 138 Å². The predicted octanol–water partition coefficient (Wildman–Crippen LogP) is -1.04. The van der Waals surface area contributed by atoms with Crippen LogP contribution < -0.4 is 69.7 Å². The summed E-state index contributed by atoms with van der Waals surface area (Å²) < 4.78 is 12.7. The average molecular weight is 958 g/mol.